The molecule has 1 atom stereocenters. The lowest BCUT2D eigenvalue weighted by molar-refractivity contribution is 0.350. The lowest BCUT2D eigenvalue weighted by Crippen LogP contribution is -2.25. The molecular formula is C9H17N. The minimum absolute atomic E-state index is 0.512. The van der Waals surface area contributed by atoms with Crippen molar-refractivity contribution in [1.29, 1.82) is 0 Å². The van der Waals surface area contributed by atoms with Gasteiger partial charge in [0, 0.05) is 6.04 Å². The van der Waals surface area contributed by atoms with Crippen LogP contribution >= 0.6 is 0 Å². The van der Waals surface area contributed by atoms with E-state index in [9.17, 15) is 0 Å². The van der Waals surface area contributed by atoms with Crippen LogP contribution in [0.5, 0.6) is 0 Å². The summed E-state index contributed by atoms with van der Waals surface area (Å²) in [5, 5.41) is 0. The Hall–Kier alpha value is -0.560. The first kappa shape index (κ1) is 9.44. The van der Waals surface area contributed by atoms with E-state index < -0.39 is 0 Å². The first-order valence-corrected chi connectivity index (χ1v) is 3.55. The van der Waals surface area contributed by atoms with Crippen LogP contribution in [0.4, 0.5) is 0 Å². The predicted octanol–water partition coefficient (Wildman–Crippen LogP) is 2.07. The maximum atomic E-state index is 3.65. The molecule has 0 spiro atoms. The van der Waals surface area contributed by atoms with Crippen LogP contribution in [0.2, 0.25) is 0 Å². The molecule has 0 saturated heterocycles. The molecule has 1 unspecified atom stereocenters. The van der Waals surface area contributed by atoms with E-state index >= 15 is 0 Å². The molecule has 0 aliphatic carbocycles. The molecule has 1 nitrogen and oxygen atoms in total. The minimum atomic E-state index is 0.512. The normalized spacial score (nSPS) is 15.5. The SMILES string of the molecule is C=C/C=C(\C)C(C)N(C)C. The van der Waals surface area contributed by atoms with E-state index in [0.29, 0.717) is 6.04 Å². The van der Waals surface area contributed by atoms with Crippen LogP contribution in [0, 0.1) is 0 Å². The largest absolute Gasteiger partial charge is 0.303 e. The molecule has 0 saturated carbocycles. The van der Waals surface area contributed by atoms with E-state index in [1.807, 2.05) is 12.2 Å². The molecule has 58 valence electrons. The van der Waals surface area contributed by atoms with Gasteiger partial charge in [0.1, 0.15) is 0 Å². The predicted molar refractivity (Wildman–Crippen MR) is 47.1 cm³/mol. The maximum Gasteiger partial charge on any atom is 0.0273 e. The van der Waals surface area contributed by atoms with Crippen molar-refractivity contribution in [3.8, 4) is 0 Å². The van der Waals surface area contributed by atoms with Crippen molar-refractivity contribution in [3.05, 3.63) is 24.3 Å². The summed E-state index contributed by atoms with van der Waals surface area (Å²) in [5.41, 5.74) is 1.35. The first-order chi connectivity index (χ1) is 4.59. The van der Waals surface area contributed by atoms with Gasteiger partial charge < -0.3 is 4.90 Å². The third kappa shape index (κ3) is 2.83. The molecule has 0 fully saturated rings. The van der Waals surface area contributed by atoms with Gasteiger partial charge in [-0.3, -0.25) is 0 Å². The van der Waals surface area contributed by atoms with Crippen molar-refractivity contribution in [2.45, 2.75) is 19.9 Å². The lowest BCUT2D eigenvalue weighted by atomic mass is 10.1. The lowest BCUT2D eigenvalue weighted by Gasteiger charge is -2.19. The molecule has 0 aliphatic heterocycles. The Balaban J connectivity index is 4.06. The van der Waals surface area contributed by atoms with Crippen molar-refractivity contribution in [3.63, 3.8) is 0 Å². The zero-order chi connectivity index (χ0) is 8.15. The fourth-order valence-corrected chi connectivity index (χ4v) is 0.732. The summed E-state index contributed by atoms with van der Waals surface area (Å²) in [6.45, 7) is 7.94. The number of likely N-dealkylation sites (N-methyl/N-ethyl adjacent to an activating group) is 1. The quantitative estimate of drug-likeness (QED) is 0.541. The van der Waals surface area contributed by atoms with Gasteiger partial charge in [0.15, 0.2) is 0 Å². The van der Waals surface area contributed by atoms with Gasteiger partial charge in [-0.25, -0.2) is 0 Å². The highest BCUT2D eigenvalue weighted by Gasteiger charge is 2.03. The molecule has 0 aromatic rings. The third-order valence-electron chi connectivity index (χ3n) is 1.81. The van der Waals surface area contributed by atoms with E-state index in [4.69, 9.17) is 0 Å². The molecule has 0 aromatic carbocycles. The van der Waals surface area contributed by atoms with Crippen LogP contribution in [0.15, 0.2) is 24.3 Å². The standard InChI is InChI=1S/C9H17N/c1-6-7-8(2)9(3)10(4)5/h6-7,9H,1H2,2-5H3/b8-7+. The van der Waals surface area contributed by atoms with Crippen LogP contribution in [0.1, 0.15) is 13.8 Å². The van der Waals surface area contributed by atoms with Gasteiger partial charge in [0.2, 0.25) is 0 Å². The average molecular weight is 139 g/mol. The number of nitrogens with zero attached hydrogens (tertiary/aromatic N) is 1. The molecule has 0 rings (SSSR count). The van der Waals surface area contributed by atoms with E-state index in [1.165, 1.54) is 5.57 Å². The second-order valence-corrected chi connectivity index (χ2v) is 2.79. The van der Waals surface area contributed by atoms with Crippen molar-refractivity contribution < 1.29 is 0 Å². The van der Waals surface area contributed by atoms with Gasteiger partial charge in [-0.05, 0) is 27.9 Å². The molecule has 0 amide bonds. The van der Waals surface area contributed by atoms with Gasteiger partial charge in [0.05, 0.1) is 0 Å². The Morgan fingerprint density at radius 2 is 2.00 bits per heavy atom. The van der Waals surface area contributed by atoms with Crippen molar-refractivity contribution in [2.75, 3.05) is 14.1 Å². The van der Waals surface area contributed by atoms with E-state index in [0.717, 1.165) is 0 Å². The zero-order valence-corrected chi connectivity index (χ0v) is 7.39. The monoisotopic (exact) mass is 139 g/mol. The number of rotatable bonds is 3. The molecule has 0 bridgehead atoms. The van der Waals surface area contributed by atoms with Crippen LogP contribution in [-0.2, 0) is 0 Å². The summed E-state index contributed by atoms with van der Waals surface area (Å²) in [4.78, 5) is 2.18. The fraction of sp³-hybridized carbons (Fsp3) is 0.556. The second kappa shape index (κ2) is 4.29. The average Bonchev–Trinajstić information content (AvgIpc) is 1.87. The second-order valence-electron chi connectivity index (χ2n) is 2.79. The van der Waals surface area contributed by atoms with Crippen LogP contribution < -0.4 is 0 Å². The number of allylic oxidation sites excluding steroid dienone is 2. The molecule has 1 heteroatoms. The molecule has 0 radical (unpaired) electrons. The van der Waals surface area contributed by atoms with E-state index in [1.54, 1.807) is 0 Å². The van der Waals surface area contributed by atoms with Gasteiger partial charge in [-0.1, -0.05) is 24.3 Å². The maximum absolute atomic E-state index is 3.65. The Bertz CT molecular complexity index is 134. The van der Waals surface area contributed by atoms with Crippen molar-refractivity contribution in [2.24, 2.45) is 0 Å². The Kier molecular flexibility index (Phi) is 4.05. The molecule has 0 aromatic heterocycles. The van der Waals surface area contributed by atoms with Crippen LogP contribution in [0.3, 0.4) is 0 Å². The van der Waals surface area contributed by atoms with Gasteiger partial charge >= 0.3 is 0 Å². The summed E-state index contributed by atoms with van der Waals surface area (Å²) < 4.78 is 0. The highest BCUT2D eigenvalue weighted by molar-refractivity contribution is 5.12. The number of hydrogen-bond donors (Lipinski definition) is 0. The van der Waals surface area contributed by atoms with Crippen LogP contribution in [0.25, 0.3) is 0 Å². The van der Waals surface area contributed by atoms with Gasteiger partial charge in [-0.2, -0.15) is 0 Å². The highest BCUT2D eigenvalue weighted by atomic mass is 15.1. The first-order valence-electron chi connectivity index (χ1n) is 3.55. The van der Waals surface area contributed by atoms with E-state index in [2.05, 4.69) is 39.4 Å². The Morgan fingerprint density at radius 3 is 2.30 bits per heavy atom. The highest BCUT2D eigenvalue weighted by Crippen LogP contribution is 2.05. The fourth-order valence-electron chi connectivity index (χ4n) is 0.732. The van der Waals surface area contributed by atoms with Gasteiger partial charge in [-0.15, -0.1) is 0 Å². The Morgan fingerprint density at radius 1 is 1.50 bits per heavy atom. The smallest absolute Gasteiger partial charge is 0.0273 e. The summed E-state index contributed by atoms with van der Waals surface area (Å²) in [6.07, 6.45) is 3.88. The molecular weight excluding hydrogens is 122 g/mol. The molecule has 0 N–H and O–H groups in total. The molecule has 10 heavy (non-hydrogen) atoms. The van der Waals surface area contributed by atoms with Crippen molar-refractivity contribution >= 4 is 0 Å². The summed E-state index contributed by atoms with van der Waals surface area (Å²) in [7, 11) is 4.15. The van der Waals surface area contributed by atoms with Gasteiger partial charge in [0.25, 0.3) is 0 Å². The zero-order valence-electron chi connectivity index (χ0n) is 7.39. The molecule has 0 heterocycles. The summed E-state index contributed by atoms with van der Waals surface area (Å²) in [5.74, 6) is 0. The summed E-state index contributed by atoms with van der Waals surface area (Å²) >= 11 is 0. The number of hydrogen-bond acceptors (Lipinski definition) is 1. The van der Waals surface area contributed by atoms with Crippen LogP contribution in [-0.4, -0.2) is 25.0 Å². The topological polar surface area (TPSA) is 3.24 Å². The van der Waals surface area contributed by atoms with E-state index in [-0.39, 0.29) is 0 Å². The minimum Gasteiger partial charge on any atom is -0.303 e. The van der Waals surface area contributed by atoms with Crippen molar-refractivity contribution in [1.82, 2.24) is 4.90 Å². The molecule has 0 aliphatic rings. The summed E-state index contributed by atoms with van der Waals surface area (Å²) in [6, 6.07) is 0.512. The Labute approximate surface area is 64.0 Å². The third-order valence-corrected chi connectivity index (χ3v) is 1.81.